The number of carbonyl (C=O) groups excluding carboxylic acids is 2. The fourth-order valence-corrected chi connectivity index (χ4v) is 2.70. The highest BCUT2D eigenvalue weighted by Gasteiger charge is 2.37. The van der Waals surface area contributed by atoms with Gasteiger partial charge in [-0.3, -0.25) is 9.59 Å². The lowest BCUT2D eigenvalue weighted by atomic mass is 10.0. The lowest BCUT2D eigenvalue weighted by Gasteiger charge is -2.37. The number of rotatable bonds is 4. The zero-order valence-corrected chi connectivity index (χ0v) is 12.9. The van der Waals surface area contributed by atoms with Crippen LogP contribution in [0.1, 0.15) is 25.5 Å². The fraction of sp³-hybridized carbons (Fsp3) is 0.467. The number of amides is 2. The van der Waals surface area contributed by atoms with Crippen LogP contribution in [0.15, 0.2) is 24.3 Å². The monoisotopic (exact) mass is 310 g/mol. The topological polar surface area (TPSA) is 58.6 Å². The molecule has 0 aliphatic carbocycles. The Balaban J connectivity index is 2.32. The Labute approximate surface area is 129 Å². The van der Waals surface area contributed by atoms with E-state index in [0.29, 0.717) is 30.3 Å². The predicted molar refractivity (Wildman–Crippen MR) is 80.0 cm³/mol. The molecule has 1 aliphatic heterocycles. The maximum absolute atomic E-state index is 12.5. The van der Waals surface area contributed by atoms with Crippen LogP contribution in [0.3, 0.4) is 0 Å². The Kier molecular flexibility index (Phi) is 5.20. The van der Waals surface area contributed by atoms with Gasteiger partial charge in [-0.1, -0.05) is 29.8 Å². The van der Waals surface area contributed by atoms with Crippen LogP contribution in [0, 0.1) is 0 Å². The second kappa shape index (κ2) is 6.91. The molecule has 1 aromatic carbocycles. The maximum Gasteiger partial charge on any atom is 0.252 e. The first-order valence-electron chi connectivity index (χ1n) is 7.00. The van der Waals surface area contributed by atoms with Crippen molar-refractivity contribution in [2.45, 2.75) is 26.0 Å². The minimum absolute atomic E-state index is 0.198. The minimum atomic E-state index is -0.706. The Morgan fingerprint density at radius 1 is 1.52 bits per heavy atom. The summed E-state index contributed by atoms with van der Waals surface area (Å²) in [5.74, 6) is -0.414. The maximum atomic E-state index is 12.5. The third-order valence-corrected chi connectivity index (χ3v) is 3.80. The highest BCUT2D eigenvalue weighted by atomic mass is 35.5. The van der Waals surface area contributed by atoms with Gasteiger partial charge < -0.3 is 15.0 Å². The third-order valence-electron chi connectivity index (χ3n) is 3.46. The van der Waals surface area contributed by atoms with E-state index in [0.717, 1.165) is 0 Å². The summed E-state index contributed by atoms with van der Waals surface area (Å²) in [6.45, 7) is 4.85. The average molecular weight is 311 g/mol. The van der Waals surface area contributed by atoms with Gasteiger partial charge in [-0.25, -0.2) is 0 Å². The number of nitrogens with one attached hydrogen (secondary N) is 1. The van der Waals surface area contributed by atoms with Gasteiger partial charge in [0.25, 0.3) is 5.91 Å². The molecule has 2 amide bonds. The molecule has 1 saturated heterocycles. The molecule has 0 saturated carbocycles. The van der Waals surface area contributed by atoms with Crippen LogP contribution < -0.4 is 5.32 Å². The van der Waals surface area contributed by atoms with Crippen molar-refractivity contribution in [2.75, 3.05) is 19.7 Å². The lowest BCUT2D eigenvalue weighted by molar-refractivity contribution is -0.151. The van der Waals surface area contributed by atoms with Crippen LogP contribution >= 0.6 is 11.6 Å². The van der Waals surface area contributed by atoms with Gasteiger partial charge in [-0.15, -0.1) is 0 Å². The highest BCUT2D eigenvalue weighted by molar-refractivity contribution is 6.31. The van der Waals surface area contributed by atoms with Gasteiger partial charge in [0.05, 0.1) is 0 Å². The van der Waals surface area contributed by atoms with Crippen LogP contribution in [0.4, 0.5) is 0 Å². The quantitative estimate of drug-likeness (QED) is 0.922. The van der Waals surface area contributed by atoms with Crippen molar-refractivity contribution < 1.29 is 14.3 Å². The number of carbonyl (C=O) groups is 2. The molecule has 0 aromatic heterocycles. The molecular weight excluding hydrogens is 292 g/mol. The molecule has 0 unspecified atom stereocenters. The van der Waals surface area contributed by atoms with Crippen molar-refractivity contribution in [3.63, 3.8) is 0 Å². The first-order chi connectivity index (χ1) is 10.1. The molecule has 2 atom stereocenters. The molecule has 1 N–H and O–H groups in total. The van der Waals surface area contributed by atoms with E-state index in [2.05, 4.69) is 5.32 Å². The first-order valence-corrected chi connectivity index (χ1v) is 7.38. The van der Waals surface area contributed by atoms with Crippen LogP contribution in [0.5, 0.6) is 0 Å². The summed E-state index contributed by atoms with van der Waals surface area (Å²) in [5.41, 5.74) is 0.633. The smallest absolute Gasteiger partial charge is 0.252 e. The largest absolute Gasteiger partial charge is 0.369 e. The van der Waals surface area contributed by atoms with Crippen molar-refractivity contribution in [3.05, 3.63) is 34.9 Å². The summed E-state index contributed by atoms with van der Waals surface area (Å²) in [6, 6.07) is 6.37. The number of hydrogen-bond donors (Lipinski definition) is 1. The molecule has 6 heteroatoms. The average Bonchev–Trinajstić information content (AvgIpc) is 2.47. The second-order valence-corrected chi connectivity index (χ2v) is 5.25. The molecule has 114 valence electrons. The van der Waals surface area contributed by atoms with Crippen molar-refractivity contribution in [1.29, 1.82) is 0 Å². The summed E-state index contributed by atoms with van der Waals surface area (Å²) in [4.78, 5) is 26.3. The summed E-state index contributed by atoms with van der Waals surface area (Å²) >= 11 is 6.18. The third kappa shape index (κ3) is 3.36. The van der Waals surface area contributed by atoms with Gasteiger partial charge in [0.1, 0.15) is 12.1 Å². The molecule has 1 heterocycles. The van der Waals surface area contributed by atoms with E-state index in [4.69, 9.17) is 16.3 Å². The molecule has 5 nitrogen and oxygen atoms in total. The Bertz CT molecular complexity index is 535. The van der Waals surface area contributed by atoms with Crippen molar-refractivity contribution in [1.82, 2.24) is 10.2 Å². The summed E-state index contributed by atoms with van der Waals surface area (Å²) < 4.78 is 5.35. The zero-order valence-electron chi connectivity index (χ0n) is 12.1. The predicted octanol–water partition coefficient (Wildman–Crippen LogP) is 1.76. The van der Waals surface area contributed by atoms with Gasteiger partial charge in [-0.2, -0.15) is 0 Å². The van der Waals surface area contributed by atoms with Gasteiger partial charge in [0.2, 0.25) is 5.91 Å². The minimum Gasteiger partial charge on any atom is -0.369 e. The summed E-state index contributed by atoms with van der Waals surface area (Å²) in [5, 5.41) is 3.25. The van der Waals surface area contributed by atoms with Crippen LogP contribution in [-0.4, -0.2) is 42.5 Å². The molecule has 0 radical (unpaired) electrons. The van der Waals surface area contributed by atoms with Gasteiger partial charge >= 0.3 is 0 Å². The lowest BCUT2D eigenvalue weighted by Crippen LogP contribution is -2.54. The molecule has 21 heavy (non-hydrogen) atoms. The molecule has 1 aliphatic rings. The fourth-order valence-electron chi connectivity index (χ4n) is 2.47. The summed E-state index contributed by atoms with van der Waals surface area (Å²) in [7, 11) is 0. The van der Waals surface area contributed by atoms with Crippen molar-refractivity contribution in [2.24, 2.45) is 0 Å². The zero-order chi connectivity index (χ0) is 15.4. The van der Waals surface area contributed by atoms with Gasteiger partial charge in [0, 0.05) is 30.3 Å². The number of nitrogens with zero attached hydrogens (tertiary/aromatic N) is 1. The van der Waals surface area contributed by atoms with Crippen LogP contribution in [0.2, 0.25) is 5.02 Å². The van der Waals surface area contributed by atoms with E-state index in [1.54, 1.807) is 36.1 Å². The normalized spacial score (nSPS) is 20.0. The first kappa shape index (κ1) is 15.8. The van der Waals surface area contributed by atoms with E-state index < -0.39 is 12.1 Å². The molecule has 1 aromatic rings. The van der Waals surface area contributed by atoms with E-state index in [1.807, 2.05) is 6.92 Å². The Morgan fingerprint density at radius 3 is 2.90 bits per heavy atom. The van der Waals surface area contributed by atoms with E-state index in [-0.39, 0.29) is 11.8 Å². The highest BCUT2D eigenvalue weighted by Crippen LogP contribution is 2.29. The molecule has 2 rings (SSSR count). The molecule has 1 fully saturated rings. The van der Waals surface area contributed by atoms with Crippen LogP contribution in [0.25, 0.3) is 0 Å². The van der Waals surface area contributed by atoms with E-state index >= 15 is 0 Å². The number of ether oxygens (including phenoxy) is 1. The van der Waals surface area contributed by atoms with Gasteiger partial charge in [0.15, 0.2) is 0 Å². The van der Waals surface area contributed by atoms with Crippen molar-refractivity contribution >= 4 is 23.4 Å². The number of halogens is 1. The standard InChI is InChI=1S/C15H19ClN2O3/c1-3-21-10(2)15(20)18-9-8-17-14(19)13(18)11-6-4-5-7-12(11)16/h4-7,10,13H,3,8-9H2,1-2H3,(H,17,19)/t10-,13+/m1/s1. The number of piperazine rings is 1. The SMILES string of the molecule is CCO[C@H](C)C(=O)N1CCNC(=O)[C@@H]1c1ccccc1Cl. The van der Waals surface area contributed by atoms with E-state index in [1.165, 1.54) is 0 Å². The Morgan fingerprint density at radius 2 is 2.24 bits per heavy atom. The van der Waals surface area contributed by atoms with Gasteiger partial charge in [-0.05, 0) is 19.9 Å². The van der Waals surface area contributed by atoms with Crippen LogP contribution in [-0.2, 0) is 14.3 Å². The second-order valence-electron chi connectivity index (χ2n) is 4.84. The summed E-state index contributed by atoms with van der Waals surface area (Å²) in [6.07, 6.45) is -0.578. The molecule has 0 bridgehead atoms. The van der Waals surface area contributed by atoms with E-state index in [9.17, 15) is 9.59 Å². The number of hydrogen-bond acceptors (Lipinski definition) is 3. The number of benzene rings is 1. The van der Waals surface area contributed by atoms with Crippen molar-refractivity contribution in [3.8, 4) is 0 Å². The Hall–Kier alpha value is -1.59. The molecule has 0 spiro atoms. The molecular formula is C15H19ClN2O3.